The topological polar surface area (TPSA) is 46.6 Å². The number of rotatable bonds is 3. The molecule has 1 aromatic carbocycles. The van der Waals surface area contributed by atoms with Gasteiger partial charge in [0, 0.05) is 11.7 Å². The molecule has 0 fully saturated rings. The minimum Gasteiger partial charge on any atom is -0.448 e. The van der Waals surface area contributed by atoms with Crippen LogP contribution in [0.25, 0.3) is 0 Å². The van der Waals surface area contributed by atoms with Crippen molar-refractivity contribution in [3.8, 4) is 0 Å². The monoisotopic (exact) mass is 329 g/mol. The molecule has 2 atom stereocenters. The van der Waals surface area contributed by atoms with Gasteiger partial charge in [-0.1, -0.05) is 18.2 Å². The van der Waals surface area contributed by atoms with E-state index in [1.807, 2.05) is 49.6 Å². The molecule has 120 valence electrons. The van der Waals surface area contributed by atoms with Gasteiger partial charge in [0.1, 0.15) is 4.88 Å². The SMILES string of the molecule is Cc1ccsc1C(=O)O[C@H](C)C(=O)N1c2ccccc2C[C@@H]1C. The Kier molecular flexibility index (Phi) is 4.22. The minimum atomic E-state index is -0.808. The number of aryl methyl sites for hydroxylation is 1. The van der Waals surface area contributed by atoms with Crippen LogP contribution in [0.5, 0.6) is 0 Å². The highest BCUT2D eigenvalue weighted by molar-refractivity contribution is 7.12. The summed E-state index contributed by atoms with van der Waals surface area (Å²) in [5.74, 6) is -0.608. The second-order valence-corrected chi connectivity index (χ2v) is 6.79. The molecule has 23 heavy (non-hydrogen) atoms. The van der Waals surface area contributed by atoms with Gasteiger partial charge >= 0.3 is 5.97 Å². The Morgan fingerprint density at radius 2 is 2.04 bits per heavy atom. The van der Waals surface area contributed by atoms with Crippen LogP contribution < -0.4 is 4.90 Å². The molecule has 0 saturated carbocycles. The molecule has 0 bridgehead atoms. The Labute approximate surface area is 139 Å². The second-order valence-electron chi connectivity index (χ2n) is 5.87. The van der Waals surface area contributed by atoms with E-state index in [0.717, 1.165) is 23.2 Å². The van der Waals surface area contributed by atoms with E-state index in [9.17, 15) is 9.59 Å². The van der Waals surface area contributed by atoms with Crippen molar-refractivity contribution in [1.29, 1.82) is 0 Å². The Bertz CT molecular complexity index is 752. The Morgan fingerprint density at radius 1 is 1.30 bits per heavy atom. The van der Waals surface area contributed by atoms with Gasteiger partial charge in [-0.05, 0) is 55.8 Å². The van der Waals surface area contributed by atoms with Crippen LogP contribution in [0.2, 0.25) is 0 Å². The fraction of sp³-hybridized carbons (Fsp3) is 0.333. The highest BCUT2D eigenvalue weighted by atomic mass is 32.1. The van der Waals surface area contributed by atoms with Crippen LogP contribution in [0, 0.1) is 6.92 Å². The predicted molar refractivity (Wildman–Crippen MR) is 91.0 cm³/mol. The predicted octanol–water partition coefficient (Wildman–Crippen LogP) is 3.58. The van der Waals surface area contributed by atoms with Crippen molar-refractivity contribution < 1.29 is 14.3 Å². The molecule has 1 aromatic heterocycles. The summed E-state index contributed by atoms with van der Waals surface area (Å²) in [7, 11) is 0. The van der Waals surface area contributed by atoms with Crippen LogP contribution in [-0.2, 0) is 16.0 Å². The maximum Gasteiger partial charge on any atom is 0.349 e. The average molecular weight is 329 g/mol. The van der Waals surface area contributed by atoms with Crippen LogP contribution in [0.4, 0.5) is 5.69 Å². The number of carbonyl (C=O) groups is 2. The first-order chi connectivity index (χ1) is 11.0. The van der Waals surface area contributed by atoms with Crippen LogP contribution in [-0.4, -0.2) is 24.0 Å². The quantitative estimate of drug-likeness (QED) is 0.809. The van der Waals surface area contributed by atoms with Crippen molar-refractivity contribution in [3.05, 3.63) is 51.7 Å². The molecule has 1 aliphatic rings. The number of anilines is 1. The van der Waals surface area contributed by atoms with Gasteiger partial charge < -0.3 is 9.64 Å². The van der Waals surface area contributed by atoms with Crippen molar-refractivity contribution >= 4 is 28.9 Å². The molecular formula is C18H19NO3S. The van der Waals surface area contributed by atoms with Gasteiger partial charge in [-0.15, -0.1) is 11.3 Å². The molecule has 2 heterocycles. The van der Waals surface area contributed by atoms with E-state index in [2.05, 4.69) is 0 Å². The first-order valence-corrected chi connectivity index (χ1v) is 8.53. The van der Waals surface area contributed by atoms with Crippen LogP contribution >= 0.6 is 11.3 Å². The number of ether oxygens (including phenoxy) is 1. The summed E-state index contributed by atoms with van der Waals surface area (Å²) in [6, 6.07) is 9.81. The summed E-state index contributed by atoms with van der Waals surface area (Å²) in [5.41, 5.74) is 2.95. The highest BCUT2D eigenvalue weighted by Crippen LogP contribution is 2.32. The first-order valence-electron chi connectivity index (χ1n) is 7.65. The van der Waals surface area contributed by atoms with Crippen molar-refractivity contribution in [2.75, 3.05) is 4.90 Å². The summed E-state index contributed by atoms with van der Waals surface area (Å²) in [6.07, 6.45) is 0.0182. The molecule has 0 aliphatic carbocycles. The molecule has 0 saturated heterocycles. The zero-order valence-electron chi connectivity index (χ0n) is 13.4. The van der Waals surface area contributed by atoms with E-state index in [1.165, 1.54) is 11.3 Å². The lowest BCUT2D eigenvalue weighted by molar-refractivity contribution is -0.126. The first kappa shape index (κ1) is 15.7. The normalized spacial score (nSPS) is 17.7. The standard InChI is InChI=1S/C18H19NO3S/c1-11-8-9-23-16(11)18(21)22-13(3)17(20)19-12(2)10-14-6-4-5-7-15(14)19/h4-9,12-13H,10H2,1-3H3/t12-,13+/m0/s1. The molecule has 1 amide bonds. The fourth-order valence-electron chi connectivity index (χ4n) is 2.94. The summed E-state index contributed by atoms with van der Waals surface area (Å²) in [6.45, 7) is 5.51. The van der Waals surface area contributed by atoms with Crippen LogP contribution in [0.3, 0.4) is 0 Å². The van der Waals surface area contributed by atoms with Crippen LogP contribution in [0.15, 0.2) is 35.7 Å². The number of thiophene rings is 1. The van der Waals surface area contributed by atoms with E-state index < -0.39 is 12.1 Å². The molecule has 4 nitrogen and oxygen atoms in total. The van der Waals surface area contributed by atoms with Gasteiger partial charge in [0.25, 0.3) is 5.91 Å². The lowest BCUT2D eigenvalue weighted by Crippen LogP contribution is -2.43. The van der Waals surface area contributed by atoms with Crippen molar-refractivity contribution in [2.45, 2.75) is 39.3 Å². The van der Waals surface area contributed by atoms with E-state index in [0.29, 0.717) is 4.88 Å². The molecule has 0 unspecified atom stereocenters. The maximum atomic E-state index is 12.8. The lowest BCUT2D eigenvalue weighted by atomic mass is 10.1. The summed E-state index contributed by atoms with van der Waals surface area (Å²) >= 11 is 1.33. The summed E-state index contributed by atoms with van der Waals surface area (Å²) < 4.78 is 5.39. The van der Waals surface area contributed by atoms with Crippen molar-refractivity contribution in [1.82, 2.24) is 0 Å². The number of fused-ring (bicyclic) bond motifs is 1. The highest BCUT2D eigenvalue weighted by Gasteiger charge is 2.34. The largest absolute Gasteiger partial charge is 0.448 e. The van der Waals surface area contributed by atoms with Gasteiger partial charge in [0.05, 0.1) is 0 Å². The molecule has 0 radical (unpaired) electrons. The van der Waals surface area contributed by atoms with E-state index in [1.54, 1.807) is 11.8 Å². The molecule has 0 spiro atoms. The summed E-state index contributed by atoms with van der Waals surface area (Å²) in [5, 5.41) is 1.84. The maximum absolute atomic E-state index is 12.8. The number of hydrogen-bond acceptors (Lipinski definition) is 4. The lowest BCUT2D eigenvalue weighted by Gasteiger charge is -2.25. The zero-order chi connectivity index (χ0) is 16.6. The smallest absolute Gasteiger partial charge is 0.349 e. The third kappa shape index (κ3) is 2.88. The summed E-state index contributed by atoms with van der Waals surface area (Å²) in [4.78, 5) is 27.3. The molecule has 3 rings (SSSR count). The van der Waals surface area contributed by atoms with Gasteiger partial charge in [0.2, 0.25) is 0 Å². The van der Waals surface area contributed by atoms with Gasteiger partial charge in [-0.25, -0.2) is 4.79 Å². The second kappa shape index (κ2) is 6.16. The molecule has 1 aliphatic heterocycles. The third-order valence-electron chi connectivity index (χ3n) is 4.12. The minimum absolute atomic E-state index is 0.0736. The fourth-order valence-corrected chi connectivity index (χ4v) is 3.75. The third-order valence-corrected chi connectivity index (χ3v) is 5.12. The number of amides is 1. The number of carbonyl (C=O) groups excluding carboxylic acids is 2. The van der Waals surface area contributed by atoms with E-state index in [-0.39, 0.29) is 11.9 Å². The van der Waals surface area contributed by atoms with Crippen molar-refractivity contribution in [2.24, 2.45) is 0 Å². The molecule has 2 aromatic rings. The Hall–Kier alpha value is -2.14. The number of para-hydroxylation sites is 1. The number of esters is 1. The van der Waals surface area contributed by atoms with Gasteiger partial charge in [0.15, 0.2) is 6.10 Å². The zero-order valence-corrected chi connectivity index (χ0v) is 14.2. The van der Waals surface area contributed by atoms with Gasteiger partial charge in [-0.3, -0.25) is 4.79 Å². The Morgan fingerprint density at radius 3 is 2.74 bits per heavy atom. The number of hydrogen-bond donors (Lipinski definition) is 0. The molecule has 0 N–H and O–H groups in total. The van der Waals surface area contributed by atoms with Gasteiger partial charge in [-0.2, -0.15) is 0 Å². The number of benzene rings is 1. The van der Waals surface area contributed by atoms with E-state index >= 15 is 0 Å². The molecule has 5 heteroatoms. The van der Waals surface area contributed by atoms with Crippen molar-refractivity contribution in [3.63, 3.8) is 0 Å². The average Bonchev–Trinajstić information content (AvgIpc) is 3.08. The van der Waals surface area contributed by atoms with E-state index in [4.69, 9.17) is 4.74 Å². The van der Waals surface area contributed by atoms with Crippen LogP contribution in [0.1, 0.15) is 34.6 Å². The molecular weight excluding hydrogens is 310 g/mol. The Balaban J connectivity index is 1.75. The number of nitrogens with zero attached hydrogens (tertiary/aromatic N) is 1.